The Morgan fingerprint density at radius 1 is 1.24 bits per heavy atom. The largest absolute Gasteiger partial charge is 0.344 e. The van der Waals surface area contributed by atoms with Crippen molar-refractivity contribution < 1.29 is 13.2 Å². The molecular formula is C15H24N2O3S. The molecule has 6 heteroatoms. The topological polar surface area (TPSA) is 66.5 Å². The van der Waals surface area contributed by atoms with Crippen molar-refractivity contribution in [2.24, 2.45) is 0 Å². The van der Waals surface area contributed by atoms with Gasteiger partial charge in [0, 0.05) is 20.1 Å². The van der Waals surface area contributed by atoms with E-state index in [0.717, 1.165) is 5.56 Å². The molecule has 0 saturated heterocycles. The van der Waals surface area contributed by atoms with E-state index in [1.165, 1.54) is 4.90 Å². The van der Waals surface area contributed by atoms with Crippen LogP contribution in [-0.2, 0) is 21.1 Å². The number of hydrogen-bond acceptors (Lipinski definition) is 4. The molecule has 0 aliphatic rings. The lowest BCUT2D eigenvalue weighted by atomic mass is 10.1. The van der Waals surface area contributed by atoms with E-state index in [4.69, 9.17) is 0 Å². The second-order valence-corrected chi connectivity index (χ2v) is 7.28. The summed E-state index contributed by atoms with van der Waals surface area (Å²) in [5.41, 5.74) is 1.12. The van der Waals surface area contributed by atoms with Crippen molar-refractivity contribution in [3.05, 3.63) is 35.9 Å². The number of carbonyl (C=O) groups excluding carboxylic acids is 1. The Morgan fingerprint density at radius 2 is 1.90 bits per heavy atom. The third kappa shape index (κ3) is 7.24. The summed E-state index contributed by atoms with van der Waals surface area (Å²) in [4.78, 5) is 13.3. The van der Waals surface area contributed by atoms with Crippen LogP contribution >= 0.6 is 0 Å². The molecule has 0 unspecified atom stereocenters. The summed E-state index contributed by atoms with van der Waals surface area (Å²) in [5, 5.41) is 2.93. The van der Waals surface area contributed by atoms with E-state index in [1.54, 1.807) is 14.1 Å². The average molecular weight is 312 g/mol. The van der Waals surface area contributed by atoms with Crippen LogP contribution in [-0.4, -0.2) is 57.9 Å². The highest BCUT2D eigenvalue weighted by atomic mass is 32.2. The number of hydrogen-bond donors (Lipinski definition) is 1. The number of amides is 1. The first kappa shape index (κ1) is 17.7. The molecule has 0 aromatic heterocycles. The van der Waals surface area contributed by atoms with Crippen LogP contribution in [0.4, 0.5) is 0 Å². The maximum Gasteiger partial charge on any atom is 0.237 e. The molecule has 1 aromatic rings. The molecule has 5 nitrogen and oxygen atoms in total. The highest BCUT2D eigenvalue weighted by molar-refractivity contribution is 7.92. The molecule has 1 aromatic carbocycles. The first-order valence-corrected chi connectivity index (χ1v) is 8.89. The van der Waals surface area contributed by atoms with Gasteiger partial charge in [-0.25, -0.2) is 8.42 Å². The molecule has 1 amide bonds. The number of likely N-dealkylation sites (N-methyl/N-ethyl adjacent to an activating group) is 2. The Labute approximate surface area is 127 Å². The van der Waals surface area contributed by atoms with Gasteiger partial charge in [-0.2, -0.15) is 0 Å². The second kappa shape index (κ2) is 8.79. The number of benzene rings is 1. The number of nitrogens with zero attached hydrogens (tertiary/aromatic N) is 1. The highest BCUT2D eigenvalue weighted by Gasteiger charge is 2.19. The van der Waals surface area contributed by atoms with Gasteiger partial charge in [-0.3, -0.25) is 4.79 Å². The number of carbonyl (C=O) groups is 1. The summed E-state index contributed by atoms with van der Waals surface area (Å²) in [7, 11) is 0.0819. The molecule has 1 rings (SSSR count). The molecule has 0 fully saturated rings. The van der Waals surface area contributed by atoms with Gasteiger partial charge < -0.3 is 10.2 Å². The predicted molar refractivity (Wildman–Crippen MR) is 85.0 cm³/mol. The van der Waals surface area contributed by atoms with Crippen LogP contribution in [0.1, 0.15) is 12.0 Å². The first-order valence-electron chi connectivity index (χ1n) is 7.07. The van der Waals surface area contributed by atoms with Gasteiger partial charge in [0.2, 0.25) is 5.91 Å². The van der Waals surface area contributed by atoms with Gasteiger partial charge in [-0.05, 0) is 25.5 Å². The van der Waals surface area contributed by atoms with Crippen LogP contribution in [0.15, 0.2) is 30.3 Å². The minimum Gasteiger partial charge on any atom is -0.344 e. The number of sulfone groups is 1. The van der Waals surface area contributed by atoms with Gasteiger partial charge >= 0.3 is 0 Å². The minimum atomic E-state index is -3.33. The van der Waals surface area contributed by atoms with Crippen LogP contribution in [0.3, 0.4) is 0 Å². The third-order valence-corrected chi connectivity index (χ3v) is 4.83. The standard InChI is InChI=1S/C15H24N2O3S/c1-16-10-11-17(2)15(18)13-21(19,20)12-6-9-14-7-4-3-5-8-14/h3-5,7-8,16H,6,9-13H2,1-2H3. The van der Waals surface area contributed by atoms with Crippen LogP contribution in [0.25, 0.3) is 0 Å². The summed E-state index contributed by atoms with van der Waals surface area (Å²) >= 11 is 0. The Morgan fingerprint density at radius 3 is 2.52 bits per heavy atom. The van der Waals surface area contributed by atoms with Crippen molar-refractivity contribution in [1.82, 2.24) is 10.2 Å². The van der Waals surface area contributed by atoms with Crippen molar-refractivity contribution >= 4 is 15.7 Å². The van der Waals surface area contributed by atoms with Crippen molar-refractivity contribution in [1.29, 1.82) is 0 Å². The number of aryl methyl sites for hydroxylation is 1. The molecule has 118 valence electrons. The van der Waals surface area contributed by atoms with Crippen molar-refractivity contribution in [3.8, 4) is 0 Å². The van der Waals surface area contributed by atoms with Crippen LogP contribution in [0.5, 0.6) is 0 Å². The summed E-state index contributed by atoms with van der Waals surface area (Å²) in [5.74, 6) is -0.694. The van der Waals surface area contributed by atoms with Gasteiger partial charge in [0.05, 0.1) is 5.75 Å². The molecule has 0 radical (unpaired) electrons. The lowest BCUT2D eigenvalue weighted by Gasteiger charge is -2.16. The average Bonchev–Trinajstić information content (AvgIpc) is 2.45. The Kier molecular flexibility index (Phi) is 7.39. The summed E-state index contributed by atoms with van der Waals surface area (Å²) < 4.78 is 23.9. The van der Waals surface area contributed by atoms with Crippen LogP contribution in [0.2, 0.25) is 0 Å². The molecule has 0 atom stereocenters. The van der Waals surface area contributed by atoms with Crippen molar-refractivity contribution in [3.63, 3.8) is 0 Å². The van der Waals surface area contributed by atoms with Gasteiger partial charge in [0.25, 0.3) is 0 Å². The molecule has 0 aliphatic carbocycles. The third-order valence-electron chi connectivity index (χ3n) is 3.23. The fraction of sp³-hybridized carbons (Fsp3) is 0.533. The molecule has 0 saturated carbocycles. The predicted octanol–water partition coefficient (Wildman–Crippen LogP) is 0.712. The van der Waals surface area contributed by atoms with E-state index in [9.17, 15) is 13.2 Å². The Balaban J connectivity index is 2.38. The van der Waals surface area contributed by atoms with Gasteiger partial charge in [-0.1, -0.05) is 30.3 Å². The quantitative estimate of drug-likeness (QED) is 0.729. The highest BCUT2D eigenvalue weighted by Crippen LogP contribution is 2.05. The summed E-state index contributed by atoms with van der Waals surface area (Å²) in [6.45, 7) is 1.16. The SMILES string of the molecule is CNCCN(C)C(=O)CS(=O)(=O)CCCc1ccccc1. The van der Waals surface area contributed by atoms with E-state index in [0.29, 0.717) is 25.9 Å². The normalized spacial score (nSPS) is 11.3. The maximum atomic E-state index is 11.9. The lowest BCUT2D eigenvalue weighted by Crippen LogP contribution is -2.37. The molecule has 0 aliphatic heterocycles. The first-order chi connectivity index (χ1) is 9.94. The van der Waals surface area contributed by atoms with Gasteiger partial charge in [0.15, 0.2) is 9.84 Å². The monoisotopic (exact) mass is 312 g/mol. The molecule has 21 heavy (non-hydrogen) atoms. The Bertz CT molecular complexity index is 529. The summed E-state index contributed by atoms with van der Waals surface area (Å²) in [6, 6.07) is 9.75. The van der Waals surface area contributed by atoms with Gasteiger partial charge in [-0.15, -0.1) is 0 Å². The van der Waals surface area contributed by atoms with Gasteiger partial charge in [0.1, 0.15) is 5.75 Å². The van der Waals surface area contributed by atoms with Crippen molar-refractivity contribution in [2.75, 3.05) is 38.7 Å². The molecular weight excluding hydrogens is 288 g/mol. The maximum absolute atomic E-state index is 11.9. The van der Waals surface area contributed by atoms with Crippen molar-refractivity contribution in [2.45, 2.75) is 12.8 Å². The van der Waals surface area contributed by atoms with E-state index in [-0.39, 0.29) is 11.7 Å². The van der Waals surface area contributed by atoms with Crippen LogP contribution < -0.4 is 5.32 Å². The molecule has 0 bridgehead atoms. The number of rotatable bonds is 9. The number of nitrogens with one attached hydrogen (secondary N) is 1. The fourth-order valence-corrected chi connectivity index (χ4v) is 3.24. The lowest BCUT2D eigenvalue weighted by molar-refractivity contribution is -0.127. The fourth-order valence-electron chi connectivity index (χ4n) is 1.92. The zero-order chi connectivity index (χ0) is 15.7. The minimum absolute atomic E-state index is 0.0491. The van der Waals surface area contributed by atoms with E-state index < -0.39 is 15.6 Å². The zero-order valence-electron chi connectivity index (χ0n) is 12.7. The van der Waals surface area contributed by atoms with E-state index in [2.05, 4.69) is 5.32 Å². The molecule has 1 N–H and O–H groups in total. The zero-order valence-corrected chi connectivity index (χ0v) is 13.5. The summed E-state index contributed by atoms with van der Waals surface area (Å²) in [6.07, 6.45) is 1.25. The van der Waals surface area contributed by atoms with E-state index >= 15 is 0 Å². The van der Waals surface area contributed by atoms with E-state index in [1.807, 2.05) is 30.3 Å². The second-order valence-electron chi connectivity index (χ2n) is 5.10. The Hall–Kier alpha value is -1.40. The smallest absolute Gasteiger partial charge is 0.237 e. The molecule has 0 heterocycles. The molecule has 0 spiro atoms. The van der Waals surface area contributed by atoms with Crippen LogP contribution in [0, 0.1) is 0 Å².